The lowest BCUT2D eigenvalue weighted by Gasteiger charge is -2.21. The molecule has 0 radical (unpaired) electrons. The Bertz CT molecular complexity index is 380. The van der Waals surface area contributed by atoms with Gasteiger partial charge in [0.05, 0.1) is 0 Å². The van der Waals surface area contributed by atoms with Gasteiger partial charge in [0.15, 0.2) is 0 Å². The molecule has 0 aromatic carbocycles. The third kappa shape index (κ3) is 2.92. The Hall–Kier alpha value is -1.32. The summed E-state index contributed by atoms with van der Waals surface area (Å²) >= 11 is 0. The normalized spacial score (nSPS) is 27.2. The molecule has 3 atom stereocenters. The van der Waals surface area contributed by atoms with E-state index in [0.717, 1.165) is 30.0 Å². The van der Waals surface area contributed by atoms with Gasteiger partial charge in [-0.15, -0.1) is 0 Å². The zero-order chi connectivity index (χ0) is 13.0. The van der Waals surface area contributed by atoms with Gasteiger partial charge in [-0.05, 0) is 31.6 Å². The largest absolute Gasteiger partial charge is 0.370 e. The number of aromatic nitrogens is 2. The van der Waals surface area contributed by atoms with Crippen LogP contribution in [0.3, 0.4) is 0 Å². The van der Waals surface area contributed by atoms with Crippen molar-refractivity contribution in [2.45, 2.75) is 46.1 Å². The fourth-order valence-electron chi connectivity index (χ4n) is 2.93. The number of rotatable bonds is 5. The molecule has 1 aliphatic rings. The van der Waals surface area contributed by atoms with Crippen molar-refractivity contribution in [2.75, 3.05) is 17.2 Å². The van der Waals surface area contributed by atoms with Gasteiger partial charge >= 0.3 is 0 Å². The lowest BCUT2D eigenvalue weighted by atomic mass is 9.93. The van der Waals surface area contributed by atoms with Crippen molar-refractivity contribution in [3.63, 3.8) is 0 Å². The van der Waals surface area contributed by atoms with Crippen molar-refractivity contribution < 1.29 is 0 Å². The van der Waals surface area contributed by atoms with Crippen molar-refractivity contribution in [1.29, 1.82) is 0 Å². The summed E-state index contributed by atoms with van der Waals surface area (Å²) in [7, 11) is 0. The zero-order valence-corrected chi connectivity index (χ0v) is 11.6. The number of nitrogens with zero attached hydrogens (tertiary/aromatic N) is 2. The molecule has 1 aromatic heterocycles. The molecule has 3 unspecified atom stereocenters. The summed E-state index contributed by atoms with van der Waals surface area (Å²) in [6, 6.07) is 2.55. The van der Waals surface area contributed by atoms with Crippen LogP contribution in [-0.2, 0) is 0 Å². The van der Waals surface area contributed by atoms with Crippen LogP contribution in [0.15, 0.2) is 12.4 Å². The van der Waals surface area contributed by atoms with E-state index in [4.69, 9.17) is 0 Å². The Morgan fingerprint density at radius 2 is 2.00 bits per heavy atom. The minimum Gasteiger partial charge on any atom is -0.370 e. The van der Waals surface area contributed by atoms with Gasteiger partial charge in [-0.25, -0.2) is 9.97 Å². The predicted molar refractivity (Wildman–Crippen MR) is 75.8 cm³/mol. The van der Waals surface area contributed by atoms with Crippen LogP contribution in [0, 0.1) is 11.8 Å². The van der Waals surface area contributed by atoms with Gasteiger partial charge in [-0.1, -0.05) is 20.3 Å². The molecule has 1 heterocycles. The van der Waals surface area contributed by atoms with Gasteiger partial charge in [0.25, 0.3) is 0 Å². The maximum absolute atomic E-state index is 4.31. The summed E-state index contributed by atoms with van der Waals surface area (Å²) in [5.74, 6) is 3.42. The Morgan fingerprint density at radius 1 is 1.22 bits per heavy atom. The summed E-state index contributed by atoms with van der Waals surface area (Å²) in [4.78, 5) is 8.50. The molecule has 2 rings (SSSR count). The van der Waals surface area contributed by atoms with Crippen LogP contribution >= 0.6 is 0 Å². The van der Waals surface area contributed by atoms with Crippen LogP contribution in [0.1, 0.15) is 40.0 Å². The molecule has 0 aliphatic heterocycles. The van der Waals surface area contributed by atoms with Crippen molar-refractivity contribution >= 4 is 11.6 Å². The fraction of sp³-hybridized carbons (Fsp3) is 0.714. The maximum atomic E-state index is 4.31. The second kappa shape index (κ2) is 6.03. The summed E-state index contributed by atoms with van der Waals surface area (Å²) in [6.07, 6.45) is 5.49. The highest BCUT2D eigenvalue weighted by atomic mass is 15.1. The first kappa shape index (κ1) is 13.1. The Kier molecular flexibility index (Phi) is 4.39. The van der Waals surface area contributed by atoms with Gasteiger partial charge < -0.3 is 10.6 Å². The summed E-state index contributed by atoms with van der Waals surface area (Å²) in [5.41, 5.74) is 0. The summed E-state index contributed by atoms with van der Waals surface area (Å²) < 4.78 is 0. The zero-order valence-electron chi connectivity index (χ0n) is 11.6. The molecular weight excluding hydrogens is 224 g/mol. The fourth-order valence-corrected chi connectivity index (χ4v) is 2.93. The SMILES string of the molecule is CCNc1cc(NC2CCC(CC)C2C)ncn1. The minimum atomic E-state index is 0.555. The van der Waals surface area contributed by atoms with E-state index in [0.29, 0.717) is 6.04 Å². The number of hydrogen-bond donors (Lipinski definition) is 2. The van der Waals surface area contributed by atoms with E-state index in [9.17, 15) is 0 Å². The molecule has 1 aliphatic carbocycles. The van der Waals surface area contributed by atoms with E-state index in [-0.39, 0.29) is 0 Å². The van der Waals surface area contributed by atoms with E-state index < -0.39 is 0 Å². The molecule has 18 heavy (non-hydrogen) atoms. The van der Waals surface area contributed by atoms with Crippen molar-refractivity contribution in [2.24, 2.45) is 11.8 Å². The molecular formula is C14H24N4. The first-order valence-corrected chi connectivity index (χ1v) is 7.07. The average molecular weight is 248 g/mol. The highest BCUT2D eigenvalue weighted by molar-refractivity contribution is 5.47. The molecule has 1 saturated carbocycles. The van der Waals surface area contributed by atoms with E-state index >= 15 is 0 Å². The molecule has 1 aromatic rings. The Balaban J connectivity index is 1.99. The van der Waals surface area contributed by atoms with Gasteiger partial charge in [-0.3, -0.25) is 0 Å². The van der Waals surface area contributed by atoms with E-state index in [1.807, 2.05) is 6.07 Å². The number of nitrogens with one attached hydrogen (secondary N) is 2. The van der Waals surface area contributed by atoms with Gasteiger partial charge in [0, 0.05) is 18.7 Å². The van der Waals surface area contributed by atoms with E-state index in [1.165, 1.54) is 19.3 Å². The second-order valence-corrected chi connectivity index (χ2v) is 5.17. The van der Waals surface area contributed by atoms with Crippen molar-refractivity contribution in [1.82, 2.24) is 9.97 Å². The molecule has 0 saturated heterocycles. The number of hydrogen-bond acceptors (Lipinski definition) is 4. The molecule has 1 fully saturated rings. The van der Waals surface area contributed by atoms with Crippen LogP contribution in [0.2, 0.25) is 0 Å². The monoisotopic (exact) mass is 248 g/mol. The molecule has 0 bridgehead atoms. The van der Waals surface area contributed by atoms with Gasteiger partial charge in [0.2, 0.25) is 0 Å². The first-order valence-electron chi connectivity index (χ1n) is 7.07. The maximum Gasteiger partial charge on any atom is 0.131 e. The quantitative estimate of drug-likeness (QED) is 0.840. The van der Waals surface area contributed by atoms with E-state index in [1.54, 1.807) is 6.33 Å². The lowest BCUT2D eigenvalue weighted by Crippen LogP contribution is -2.25. The average Bonchev–Trinajstić information content (AvgIpc) is 2.71. The second-order valence-electron chi connectivity index (χ2n) is 5.17. The molecule has 0 amide bonds. The van der Waals surface area contributed by atoms with Crippen molar-refractivity contribution in [3.8, 4) is 0 Å². The lowest BCUT2D eigenvalue weighted by molar-refractivity contribution is 0.391. The summed E-state index contributed by atoms with van der Waals surface area (Å²) in [6.45, 7) is 7.59. The van der Waals surface area contributed by atoms with Gasteiger partial charge in [-0.2, -0.15) is 0 Å². The van der Waals surface area contributed by atoms with Crippen molar-refractivity contribution in [3.05, 3.63) is 12.4 Å². The smallest absolute Gasteiger partial charge is 0.131 e. The van der Waals surface area contributed by atoms with Crippen LogP contribution in [0.4, 0.5) is 11.6 Å². The molecule has 2 N–H and O–H groups in total. The highest BCUT2D eigenvalue weighted by Gasteiger charge is 2.31. The molecule has 4 nitrogen and oxygen atoms in total. The van der Waals surface area contributed by atoms with Crippen LogP contribution < -0.4 is 10.6 Å². The predicted octanol–water partition coefficient (Wildman–Crippen LogP) is 3.15. The summed E-state index contributed by atoms with van der Waals surface area (Å²) in [5, 5.41) is 6.78. The minimum absolute atomic E-state index is 0.555. The molecule has 0 spiro atoms. The van der Waals surface area contributed by atoms with E-state index in [2.05, 4.69) is 41.4 Å². The topological polar surface area (TPSA) is 49.8 Å². The number of anilines is 2. The van der Waals surface area contributed by atoms with Gasteiger partial charge in [0.1, 0.15) is 18.0 Å². The third-order valence-corrected chi connectivity index (χ3v) is 4.11. The molecule has 100 valence electrons. The highest BCUT2D eigenvalue weighted by Crippen LogP contribution is 2.35. The Labute approximate surface area is 110 Å². The Morgan fingerprint density at radius 3 is 2.67 bits per heavy atom. The standard InChI is InChI=1S/C14H24N4/c1-4-11-6-7-12(10(11)3)18-14-8-13(15-5-2)16-9-17-14/h8-12H,4-7H2,1-3H3,(H2,15,16,17,18). The first-order chi connectivity index (χ1) is 8.74. The third-order valence-electron chi connectivity index (χ3n) is 4.11. The van der Waals surface area contributed by atoms with Crippen LogP contribution in [0.5, 0.6) is 0 Å². The van der Waals surface area contributed by atoms with Crippen LogP contribution in [0.25, 0.3) is 0 Å². The molecule has 4 heteroatoms. The van der Waals surface area contributed by atoms with Crippen LogP contribution in [-0.4, -0.2) is 22.6 Å².